The number of nitrogens with two attached hydrogens (primary N) is 2. The van der Waals surface area contributed by atoms with Crippen LogP contribution in [0.2, 0.25) is 0 Å². The largest absolute Gasteiger partial charge is 0.494 e. The Hall–Kier alpha value is -6.50. The number of methoxy groups -OCH3 is 2. The lowest BCUT2D eigenvalue weighted by molar-refractivity contribution is 0.0696. The van der Waals surface area contributed by atoms with Crippen LogP contribution in [-0.2, 0) is 25.9 Å². The molecule has 0 aliphatic rings. The number of ether oxygens (including phenoxy) is 2. The van der Waals surface area contributed by atoms with E-state index in [2.05, 4.69) is 0 Å². The molecule has 0 unspecified atom stereocenters. The van der Waals surface area contributed by atoms with Crippen molar-refractivity contribution in [1.29, 1.82) is 0 Å². The molecule has 0 fully saturated rings. The van der Waals surface area contributed by atoms with Gasteiger partial charge < -0.3 is 35.2 Å². The van der Waals surface area contributed by atoms with E-state index in [1.165, 1.54) is 14.2 Å². The summed E-state index contributed by atoms with van der Waals surface area (Å²) in [5.41, 5.74) is 16.7. The number of carboxylic acids is 1. The molecular weight excluding hydrogens is 652 g/mol. The number of aldehydes is 1. The number of aryl methyl sites for hydroxylation is 4. The molecule has 260 valence electrons. The first-order valence-electron chi connectivity index (χ1n) is 16.3. The van der Waals surface area contributed by atoms with Crippen LogP contribution in [0.25, 0.3) is 44.8 Å². The molecule has 0 aliphatic heterocycles. The number of aromatic nitrogens is 4. The van der Waals surface area contributed by atoms with Crippen molar-refractivity contribution in [1.82, 2.24) is 19.1 Å². The monoisotopic (exact) mass is 688 g/mol. The molecule has 2 amide bonds. The number of rotatable bonds is 13. The predicted octanol–water partition coefficient (Wildman–Crippen LogP) is 5.27. The van der Waals surface area contributed by atoms with Crippen LogP contribution in [0.3, 0.4) is 0 Å². The minimum atomic E-state index is -1.12. The number of amides is 2. The third-order valence-electron chi connectivity index (χ3n) is 9.09. The molecular formula is C38H36N6O7. The number of primary amides is 2. The second kappa shape index (κ2) is 13.8. The van der Waals surface area contributed by atoms with Crippen LogP contribution in [0, 0.1) is 0 Å². The highest BCUT2D eigenvalue weighted by atomic mass is 16.5. The number of carboxylic acid groups (broad SMARTS) is 1. The SMILES string of the molecule is CCc1ccc(-c2nc3c(OC)c(C(N)=O)ccc3n2CCn2c(-c3ccc(CC)cc3C(=O)O)nc3c(OC)c(C(N)=O)ccc32)c(C=O)c1. The highest BCUT2D eigenvalue weighted by molar-refractivity contribution is 6.04. The first-order valence-corrected chi connectivity index (χ1v) is 16.3. The van der Waals surface area contributed by atoms with Crippen molar-refractivity contribution < 1.29 is 33.8 Å². The Kier molecular flexibility index (Phi) is 9.29. The first-order chi connectivity index (χ1) is 24.6. The van der Waals surface area contributed by atoms with Crippen molar-refractivity contribution in [2.24, 2.45) is 11.5 Å². The lowest BCUT2D eigenvalue weighted by atomic mass is 10.0. The summed E-state index contributed by atoms with van der Waals surface area (Å²) in [4.78, 5) is 59.4. The summed E-state index contributed by atoms with van der Waals surface area (Å²) >= 11 is 0. The van der Waals surface area contributed by atoms with Gasteiger partial charge in [0, 0.05) is 29.8 Å². The van der Waals surface area contributed by atoms with E-state index in [1.54, 1.807) is 36.4 Å². The molecule has 13 heteroatoms. The Morgan fingerprint density at radius 2 is 1.18 bits per heavy atom. The summed E-state index contributed by atoms with van der Waals surface area (Å²) in [5, 5.41) is 10.3. The van der Waals surface area contributed by atoms with Gasteiger partial charge in [0.1, 0.15) is 22.7 Å². The summed E-state index contributed by atoms with van der Waals surface area (Å²) in [7, 11) is 2.83. The van der Waals surface area contributed by atoms with Crippen LogP contribution in [0.5, 0.6) is 11.5 Å². The van der Waals surface area contributed by atoms with Crippen molar-refractivity contribution in [3.63, 3.8) is 0 Å². The quantitative estimate of drug-likeness (QED) is 0.135. The van der Waals surface area contributed by atoms with E-state index in [0.29, 0.717) is 56.8 Å². The molecule has 13 nitrogen and oxygen atoms in total. The van der Waals surface area contributed by atoms with Crippen LogP contribution in [-0.4, -0.2) is 62.5 Å². The van der Waals surface area contributed by atoms with Gasteiger partial charge in [-0.2, -0.15) is 0 Å². The fourth-order valence-corrected chi connectivity index (χ4v) is 6.52. The van der Waals surface area contributed by atoms with Gasteiger partial charge in [-0.1, -0.05) is 38.1 Å². The second-order valence-corrected chi connectivity index (χ2v) is 11.9. The molecule has 0 radical (unpaired) electrons. The number of aromatic carboxylic acids is 1. The molecule has 0 bridgehead atoms. The molecule has 0 saturated carbocycles. The third kappa shape index (κ3) is 5.92. The van der Waals surface area contributed by atoms with Crippen LogP contribution >= 0.6 is 0 Å². The van der Waals surface area contributed by atoms with E-state index in [-0.39, 0.29) is 41.3 Å². The van der Waals surface area contributed by atoms with E-state index in [9.17, 15) is 24.3 Å². The number of benzene rings is 4. The molecule has 2 aromatic heterocycles. The van der Waals surface area contributed by atoms with Gasteiger partial charge in [0.15, 0.2) is 17.8 Å². The van der Waals surface area contributed by atoms with Gasteiger partial charge in [-0.05, 0) is 60.4 Å². The average molecular weight is 689 g/mol. The van der Waals surface area contributed by atoms with E-state index < -0.39 is 17.8 Å². The van der Waals surface area contributed by atoms with E-state index >= 15 is 0 Å². The minimum absolute atomic E-state index is 0.0594. The Morgan fingerprint density at radius 3 is 1.61 bits per heavy atom. The molecule has 6 rings (SSSR count). The van der Waals surface area contributed by atoms with Crippen molar-refractivity contribution in [2.45, 2.75) is 39.8 Å². The Balaban J connectivity index is 1.62. The number of fused-ring (bicyclic) bond motifs is 2. The molecule has 0 saturated heterocycles. The molecule has 5 N–H and O–H groups in total. The highest BCUT2D eigenvalue weighted by Gasteiger charge is 2.26. The second-order valence-electron chi connectivity index (χ2n) is 11.9. The van der Waals surface area contributed by atoms with Gasteiger partial charge in [-0.3, -0.25) is 14.4 Å². The minimum Gasteiger partial charge on any atom is -0.494 e. The highest BCUT2D eigenvalue weighted by Crippen LogP contribution is 2.37. The molecule has 0 spiro atoms. The van der Waals surface area contributed by atoms with Crippen LogP contribution in [0.4, 0.5) is 0 Å². The van der Waals surface area contributed by atoms with Gasteiger partial charge in [0.05, 0.1) is 41.9 Å². The van der Waals surface area contributed by atoms with Crippen molar-refractivity contribution in [3.05, 3.63) is 94.0 Å². The Labute approximate surface area is 292 Å². The Morgan fingerprint density at radius 1 is 0.706 bits per heavy atom. The third-order valence-corrected chi connectivity index (χ3v) is 9.09. The summed E-state index contributed by atoms with van der Waals surface area (Å²) < 4.78 is 15.0. The number of hydrogen-bond acceptors (Lipinski definition) is 8. The number of nitrogens with zero attached hydrogens (tertiary/aromatic N) is 4. The molecule has 2 heterocycles. The summed E-state index contributed by atoms with van der Waals surface area (Å²) in [6, 6.07) is 17.3. The van der Waals surface area contributed by atoms with Gasteiger partial charge in [0.25, 0.3) is 11.8 Å². The smallest absolute Gasteiger partial charge is 0.336 e. The van der Waals surface area contributed by atoms with Crippen molar-refractivity contribution >= 4 is 46.1 Å². The standard InChI is InChI=1S/C38H36N6O7/c1-5-20-7-9-23(22(17-20)19-45)36-41-30-28(13-11-25(34(39)46)32(30)50-3)43(36)15-16-44-29-14-12-26(35(40)47)33(51-4)31(29)42-37(44)24-10-8-21(6-2)18-27(24)38(48)49/h7-14,17-19H,5-6,15-16H2,1-4H3,(H2,39,46)(H2,40,47)(H,48,49). The van der Waals surface area contributed by atoms with Crippen LogP contribution < -0.4 is 20.9 Å². The predicted molar refractivity (Wildman–Crippen MR) is 192 cm³/mol. The summed E-state index contributed by atoms with van der Waals surface area (Å²) in [6.45, 7) is 4.37. The molecule has 4 aromatic carbocycles. The number of carbonyl (C=O) groups excluding carboxylic acids is 3. The van der Waals surface area contributed by atoms with Gasteiger partial charge in [0.2, 0.25) is 0 Å². The molecule has 0 atom stereocenters. The maximum Gasteiger partial charge on any atom is 0.336 e. The molecule has 6 aromatic rings. The maximum atomic E-state index is 12.6. The van der Waals surface area contributed by atoms with Gasteiger partial charge in [-0.15, -0.1) is 0 Å². The lowest BCUT2D eigenvalue weighted by Crippen LogP contribution is -2.13. The van der Waals surface area contributed by atoms with Crippen LogP contribution in [0.1, 0.15) is 66.4 Å². The fraction of sp³-hybridized carbons (Fsp3) is 0.211. The van der Waals surface area contributed by atoms with E-state index in [4.69, 9.17) is 30.9 Å². The average Bonchev–Trinajstić information content (AvgIpc) is 3.70. The number of imidazole rings is 2. The molecule has 51 heavy (non-hydrogen) atoms. The fourth-order valence-electron chi connectivity index (χ4n) is 6.52. The summed E-state index contributed by atoms with van der Waals surface area (Å²) in [5.74, 6) is -1.40. The van der Waals surface area contributed by atoms with Crippen LogP contribution in [0.15, 0.2) is 60.7 Å². The normalized spacial score (nSPS) is 11.2. The van der Waals surface area contributed by atoms with Gasteiger partial charge in [-0.25, -0.2) is 14.8 Å². The van der Waals surface area contributed by atoms with Gasteiger partial charge >= 0.3 is 5.97 Å². The zero-order valence-electron chi connectivity index (χ0n) is 28.5. The lowest BCUT2D eigenvalue weighted by Gasteiger charge is -2.16. The van der Waals surface area contributed by atoms with Crippen molar-refractivity contribution in [2.75, 3.05) is 14.2 Å². The number of hydrogen-bond donors (Lipinski definition) is 3. The zero-order chi connectivity index (χ0) is 36.6. The first kappa shape index (κ1) is 34.4. The maximum absolute atomic E-state index is 12.6. The zero-order valence-corrected chi connectivity index (χ0v) is 28.5. The molecule has 0 aliphatic carbocycles. The Bertz CT molecular complexity index is 2390. The topological polar surface area (TPSA) is 195 Å². The number of carbonyl (C=O) groups is 4. The van der Waals surface area contributed by atoms with E-state index in [0.717, 1.165) is 23.8 Å². The van der Waals surface area contributed by atoms with Crippen molar-refractivity contribution in [3.8, 4) is 34.3 Å². The van der Waals surface area contributed by atoms with E-state index in [1.807, 2.05) is 47.2 Å². The summed E-state index contributed by atoms with van der Waals surface area (Å²) in [6.07, 6.45) is 2.14.